The number of hydrogen-bond donors (Lipinski definition) is 1. The molecule has 0 amide bonds. The highest BCUT2D eigenvalue weighted by Crippen LogP contribution is 2.13. The fraction of sp³-hybridized carbons (Fsp3) is 0.286. The predicted molar refractivity (Wildman–Crippen MR) is 43.1 cm³/mol. The van der Waals surface area contributed by atoms with Crippen molar-refractivity contribution in [2.24, 2.45) is 5.16 Å². The van der Waals surface area contributed by atoms with E-state index in [0.717, 1.165) is 4.88 Å². The summed E-state index contributed by atoms with van der Waals surface area (Å²) in [6, 6.07) is 2.00. The second kappa shape index (κ2) is 2.84. The van der Waals surface area contributed by atoms with E-state index < -0.39 is 0 Å². The zero-order chi connectivity index (χ0) is 7.56. The van der Waals surface area contributed by atoms with Gasteiger partial charge >= 0.3 is 0 Å². The Morgan fingerprint density at radius 3 is 2.80 bits per heavy atom. The van der Waals surface area contributed by atoms with Crippen LogP contribution in [-0.2, 0) is 0 Å². The molecular weight excluding hydrogens is 146 g/mol. The minimum atomic E-state index is 0.679. The molecule has 1 heterocycles. The lowest BCUT2D eigenvalue weighted by molar-refractivity contribution is 0.319. The first-order valence-electron chi connectivity index (χ1n) is 2.98. The third-order valence-electron chi connectivity index (χ3n) is 1.24. The zero-order valence-corrected chi connectivity index (χ0v) is 6.77. The Balaban J connectivity index is 2.95. The Morgan fingerprint density at radius 1 is 1.70 bits per heavy atom. The molecule has 0 bridgehead atoms. The monoisotopic (exact) mass is 155 g/mol. The first-order valence-corrected chi connectivity index (χ1v) is 3.86. The minimum Gasteiger partial charge on any atom is -0.411 e. The molecule has 0 aromatic carbocycles. The summed E-state index contributed by atoms with van der Waals surface area (Å²) in [5.74, 6) is 0. The van der Waals surface area contributed by atoms with Gasteiger partial charge in [0.15, 0.2) is 0 Å². The summed E-state index contributed by atoms with van der Waals surface area (Å²) < 4.78 is 0. The van der Waals surface area contributed by atoms with Crippen LogP contribution >= 0.6 is 11.3 Å². The molecule has 0 aliphatic carbocycles. The quantitative estimate of drug-likeness (QED) is 0.376. The summed E-state index contributed by atoms with van der Waals surface area (Å²) in [6.45, 7) is 3.80. The molecule has 0 aliphatic heterocycles. The summed E-state index contributed by atoms with van der Waals surface area (Å²) in [5, 5.41) is 13.5. The third kappa shape index (κ3) is 1.36. The van der Waals surface area contributed by atoms with Gasteiger partial charge in [0.25, 0.3) is 0 Å². The average Bonchev–Trinajstić information content (AvgIpc) is 2.34. The maximum atomic E-state index is 8.39. The van der Waals surface area contributed by atoms with E-state index in [2.05, 4.69) is 5.16 Å². The van der Waals surface area contributed by atoms with Gasteiger partial charge in [0.05, 0.1) is 10.6 Å². The van der Waals surface area contributed by atoms with Crippen LogP contribution in [0.15, 0.2) is 16.6 Å². The van der Waals surface area contributed by atoms with Crippen molar-refractivity contribution >= 4 is 17.0 Å². The SMILES string of the molecule is CC(=NO)c1cc(C)cs1. The first kappa shape index (κ1) is 7.28. The molecule has 0 atom stereocenters. The van der Waals surface area contributed by atoms with Crippen LogP contribution in [0.25, 0.3) is 0 Å². The maximum absolute atomic E-state index is 8.39. The van der Waals surface area contributed by atoms with E-state index in [0.29, 0.717) is 5.71 Å². The molecule has 0 unspecified atom stereocenters. The number of oxime groups is 1. The van der Waals surface area contributed by atoms with Gasteiger partial charge < -0.3 is 5.21 Å². The molecule has 0 saturated carbocycles. The second-order valence-corrected chi connectivity index (χ2v) is 3.08. The van der Waals surface area contributed by atoms with Crippen LogP contribution in [0.4, 0.5) is 0 Å². The number of nitrogens with zero attached hydrogens (tertiary/aromatic N) is 1. The van der Waals surface area contributed by atoms with Gasteiger partial charge in [-0.2, -0.15) is 0 Å². The summed E-state index contributed by atoms with van der Waals surface area (Å²) in [7, 11) is 0. The Labute approximate surface area is 63.8 Å². The van der Waals surface area contributed by atoms with Gasteiger partial charge in [-0.15, -0.1) is 11.3 Å². The Bertz CT molecular complexity index is 252. The molecular formula is C7H9NOS. The van der Waals surface area contributed by atoms with Crippen molar-refractivity contribution in [2.75, 3.05) is 0 Å². The van der Waals surface area contributed by atoms with Crippen molar-refractivity contribution in [3.8, 4) is 0 Å². The van der Waals surface area contributed by atoms with Crippen LogP contribution < -0.4 is 0 Å². The van der Waals surface area contributed by atoms with E-state index in [1.54, 1.807) is 18.3 Å². The molecule has 2 nitrogen and oxygen atoms in total. The van der Waals surface area contributed by atoms with Crippen LogP contribution in [0.3, 0.4) is 0 Å². The summed E-state index contributed by atoms with van der Waals surface area (Å²) >= 11 is 1.59. The van der Waals surface area contributed by atoms with Crippen LogP contribution in [0.2, 0.25) is 0 Å². The third-order valence-corrected chi connectivity index (χ3v) is 2.39. The highest BCUT2D eigenvalue weighted by atomic mass is 32.1. The molecule has 1 N–H and O–H groups in total. The van der Waals surface area contributed by atoms with Crippen LogP contribution in [0.5, 0.6) is 0 Å². The Morgan fingerprint density at radius 2 is 2.40 bits per heavy atom. The van der Waals surface area contributed by atoms with Crippen LogP contribution in [0.1, 0.15) is 17.4 Å². The topological polar surface area (TPSA) is 32.6 Å². The van der Waals surface area contributed by atoms with Gasteiger partial charge in [-0.1, -0.05) is 5.16 Å². The number of thiophene rings is 1. The van der Waals surface area contributed by atoms with E-state index >= 15 is 0 Å². The Kier molecular flexibility index (Phi) is 2.06. The van der Waals surface area contributed by atoms with E-state index in [9.17, 15) is 0 Å². The molecule has 0 spiro atoms. The molecule has 1 rings (SSSR count). The zero-order valence-electron chi connectivity index (χ0n) is 5.96. The summed E-state index contributed by atoms with van der Waals surface area (Å²) in [4.78, 5) is 1.03. The van der Waals surface area contributed by atoms with Crippen LogP contribution in [0, 0.1) is 6.92 Å². The molecule has 10 heavy (non-hydrogen) atoms. The van der Waals surface area contributed by atoms with Crippen molar-refractivity contribution in [1.82, 2.24) is 0 Å². The van der Waals surface area contributed by atoms with Crippen molar-refractivity contribution in [1.29, 1.82) is 0 Å². The van der Waals surface area contributed by atoms with Gasteiger partial charge in [0.2, 0.25) is 0 Å². The van der Waals surface area contributed by atoms with Gasteiger partial charge in [0.1, 0.15) is 0 Å². The lowest BCUT2D eigenvalue weighted by atomic mass is 10.3. The fourth-order valence-electron chi connectivity index (χ4n) is 0.670. The van der Waals surface area contributed by atoms with Crippen molar-refractivity contribution < 1.29 is 5.21 Å². The molecule has 0 saturated heterocycles. The van der Waals surface area contributed by atoms with E-state index in [1.165, 1.54) is 5.56 Å². The van der Waals surface area contributed by atoms with E-state index in [4.69, 9.17) is 5.21 Å². The smallest absolute Gasteiger partial charge is 0.0936 e. The number of rotatable bonds is 1. The lowest BCUT2D eigenvalue weighted by Crippen LogP contribution is -1.88. The standard InChI is InChI=1S/C7H9NOS/c1-5-3-7(10-4-5)6(2)8-9/h3-4,9H,1-2H3. The number of hydrogen-bond acceptors (Lipinski definition) is 3. The summed E-state index contributed by atoms with van der Waals surface area (Å²) in [6.07, 6.45) is 0. The highest BCUT2D eigenvalue weighted by molar-refractivity contribution is 7.12. The van der Waals surface area contributed by atoms with Gasteiger partial charge in [-0.3, -0.25) is 0 Å². The number of aryl methyl sites for hydroxylation is 1. The lowest BCUT2D eigenvalue weighted by Gasteiger charge is -1.87. The minimum absolute atomic E-state index is 0.679. The molecule has 0 aliphatic rings. The Hall–Kier alpha value is -0.830. The molecule has 1 aromatic heterocycles. The molecule has 0 radical (unpaired) electrons. The van der Waals surface area contributed by atoms with Gasteiger partial charge in [0, 0.05) is 0 Å². The van der Waals surface area contributed by atoms with Crippen molar-refractivity contribution in [3.05, 3.63) is 21.9 Å². The molecule has 1 aromatic rings. The van der Waals surface area contributed by atoms with E-state index in [-0.39, 0.29) is 0 Å². The fourth-order valence-corrected chi connectivity index (χ4v) is 1.52. The maximum Gasteiger partial charge on any atom is 0.0936 e. The van der Waals surface area contributed by atoms with E-state index in [1.807, 2.05) is 18.4 Å². The molecule has 3 heteroatoms. The normalized spacial score (nSPS) is 12.0. The van der Waals surface area contributed by atoms with Crippen molar-refractivity contribution in [2.45, 2.75) is 13.8 Å². The average molecular weight is 155 g/mol. The second-order valence-electron chi connectivity index (χ2n) is 2.17. The van der Waals surface area contributed by atoms with Gasteiger partial charge in [-0.25, -0.2) is 0 Å². The first-order chi connectivity index (χ1) is 4.74. The van der Waals surface area contributed by atoms with Crippen LogP contribution in [-0.4, -0.2) is 10.9 Å². The van der Waals surface area contributed by atoms with Crippen molar-refractivity contribution in [3.63, 3.8) is 0 Å². The highest BCUT2D eigenvalue weighted by Gasteiger charge is 1.98. The summed E-state index contributed by atoms with van der Waals surface area (Å²) in [5.41, 5.74) is 1.89. The largest absolute Gasteiger partial charge is 0.411 e. The molecule has 54 valence electrons. The predicted octanol–water partition coefficient (Wildman–Crippen LogP) is 2.25. The van der Waals surface area contributed by atoms with Gasteiger partial charge in [-0.05, 0) is 30.9 Å². The molecule has 0 fully saturated rings.